The molecule has 3 N–H and O–H groups in total. The molecule has 140 valence electrons. The molecule has 0 aliphatic heterocycles. The molecule has 7 nitrogen and oxygen atoms in total. The molecule has 0 atom stereocenters. The third-order valence-corrected chi connectivity index (χ3v) is 6.46. The maximum absolute atomic E-state index is 12.3. The number of thiophene rings is 1. The monoisotopic (exact) mass is 423 g/mol. The summed E-state index contributed by atoms with van der Waals surface area (Å²) in [6.45, 7) is 1.35. The highest BCUT2D eigenvalue weighted by atomic mass is 35.5. The Morgan fingerprint density at radius 3 is 2.33 bits per heavy atom. The van der Waals surface area contributed by atoms with Crippen molar-refractivity contribution in [3.63, 3.8) is 0 Å². The molecule has 2 aromatic carbocycles. The number of hydrazine groups is 1. The average molecular weight is 424 g/mol. The van der Waals surface area contributed by atoms with Crippen LogP contribution >= 0.6 is 22.9 Å². The second kappa shape index (κ2) is 7.65. The first kappa shape index (κ1) is 19.3. The van der Waals surface area contributed by atoms with Gasteiger partial charge in [0.05, 0.1) is 9.92 Å². The van der Waals surface area contributed by atoms with Crippen LogP contribution in [0.2, 0.25) is 5.02 Å². The number of anilines is 1. The van der Waals surface area contributed by atoms with Gasteiger partial charge in [0.1, 0.15) is 4.88 Å². The Hall–Kier alpha value is -2.46. The lowest BCUT2D eigenvalue weighted by Crippen LogP contribution is -2.41. The molecule has 3 rings (SSSR count). The van der Waals surface area contributed by atoms with Gasteiger partial charge in [-0.2, -0.15) is 0 Å². The number of carbonyl (C=O) groups excluding carboxylic acids is 2. The van der Waals surface area contributed by atoms with Crippen LogP contribution in [-0.4, -0.2) is 20.2 Å². The highest BCUT2D eigenvalue weighted by molar-refractivity contribution is 7.89. The zero-order chi connectivity index (χ0) is 19.6. The largest absolute Gasteiger partial charge is 0.326 e. The van der Waals surface area contributed by atoms with E-state index in [-0.39, 0.29) is 20.7 Å². The summed E-state index contributed by atoms with van der Waals surface area (Å²) in [6, 6.07) is 12.7. The molecule has 1 aromatic heterocycles. The van der Waals surface area contributed by atoms with Crippen molar-refractivity contribution in [3.05, 3.63) is 58.4 Å². The molecule has 0 spiro atoms. The fourth-order valence-electron chi connectivity index (χ4n) is 2.31. The Labute approximate surface area is 164 Å². The zero-order valence-electron chi connectivity index (χ0n) is 13.9. The van der Waals surface area contributed by atoms with Gasteiger partial charge < -0.3 is 5.32 Å². The van der Waals surface area contributed by atoms with Crippen molar-refractivity contribution in [2.45, 2.75) is 11.8 Å². The molecule has 0 radical (unpaired) electrons. The fourth-order valence-corrected chi connectivity index (χ4v) is 4.56. The van der Waals surface area contributed by atoms with Crippen LogP contribution in [0.15, 0.2) is 53.4 Å². The predicted molar refractivity (Wildman–Crippen MR) is 105 cm³/mol. The first-order valence-electron chi connectivity index (χ1n) is 7.65. The number of carbonyl (C=O) groups is 2. The SMILES string of the molecule is CC(=O)Nc1ccc(S(=O)(=O)NNC(=O)c2sc3ccccc3c2Cl)cc1. The molecule has 0 saturated heterocycles. The second-order valence-corrected chi connectivity index (χ2v) is 8.62. The minimum absolute atomic E-state index is 0.0701. The van der Waals surface area contributed by atoms with E-state index in [1.54, 1.807) is 12.1 Å². The predicted octanol–water partition coefficient (Wildman–Crippen LogP) is 3.14. The van der Waals surface area contributed by atoms with Gasteiger partial charge in [-0.25, -0.2) is 8.42 Å². The van der Waals surface area contributed by atoms with E-state index in [2.05, 4.69) is 10.7 Å². The number of benzene rings is 2. The standard InChI is InChI=1S/C17H14ClN3O4S2/c1-10(22)19-11-6-8-12(9-7-11)27(24,25)21-20-17(23)16-15(18)13-4-2-3-5-14(13)26-16/h2-9,21H,1H3,(H,19,22)(H,20,23). The van der Waals surface area contributed by atoms with Gasteiger partial charge in [-0.15, -0.1) is 16.2 Å². The van der Waals surface area contributed by atoms with Gasteiger partial charge in [0.25, 0.3) is 15.9 Å². The molecule has 0 fully saturated rings. The maximum atomic E-state index is 12.3. The minimum atomic E-state index is -3.98. The zero-order valence-corrected chi connectivity index (χ0v) is 16.3. The number of fused-ring (bicyclic) bond motifs is 1. The van der Waals surface area contributed by atoms with Gasteiger partial charge in [-0.05, 0) is 30.3 Å². The molecule has 27 heavy (non-hydrogen) atoms. The molecule has 0 unspecified atom stereocenters. The average Bonchev–Trinajstić information content (AvgIpc) is 2.97. The van der Waals surface area contributed by atoms with Crippen LogP contribution in [0, 0.1) is 0 Å². The summed E-state index contributed by atoms with van der Waals surface area (Å²) >= 11 is 7.38. The minimum Gasteiger partial charge on any atom is -0.326 e. The summed E-state index contributed by atoms with van der Waals surface area (Å²) < 4.78 is 25.5. The number of amides is 2. The lowest BCUT2D eigenvalue weighted by atomic mass is 10.2. The van der Waals surface area contributed by atoms with Crippen molar-refractivity contribution >= 4 is 60.5 Å². The van der Waals surface area contributed by atoms with Crippen molar-refractivity contribution in [1.29, 1.82) is 0 Å². The van der Waals surface area contributed by atoms with Crippen LogP contribution in [0.4, 0.5) is 5.69 Å². The van der Waals surface area contributed by atoms with E-state index in [0.29, 0.717) is 5.69 Å². The summed E-state index contributed by atoms with van der Waals surface area (Å²) in [5, 5.41) is 3.53. The molecule has 3 aromatic rings. The molecule has 10 heteroatoms. The Balaban J connectivity index is 1.73. The first-order chi connectivity index (χ1) is 12.8. The highest BCUT2D eigenvalue weighted by Crippen LogP contribution is 2.34. The quantitative estimate of drug-likeness (QED) is 0.548. The van der Waals surface area contributed by atoms with Crippen molar-refractivity contribution in [1.82, 2.24) is 10.3 Å². The summed E-state index contributed by atoms with van der Waals surface area (Å²) in [7, 11) is -3.98. The van der Waals surface area contributed by atoms with E-state index in [1.807, 2.05) is 17.0 Å². The van der Waals surface area contributed by atoms with Crippen LogP contribution in [0.1, 0.15) is 16.6 Å². The van der Waals surface area contributed by atoms with E-state index < -0.39 is 15.9 Å². The Kier molecular flexibility index (Phi) is 5.47. The van der Waals surface area contributed by atoms with Crippen molar-refractivity contribution < 1.29 is 18.0 Å². The topological polar surface area (TPSA) is 104 Å². The molecule has 0 aliphatic carbocycles. The summed E-state index contributed by atoms with van der Waals surface area (Å²) in [6.07, 6.45) is 0. The highest BCUT2D eigenvalue weighted by Gasteiger charge is 2.20. The fraction of sp³-hybridized carbons (Fsp3) is 0.0588. The van der Waals surface area contributed by atoms with E-state index in [1.165, 1.54) is 42.5 Å². The number of rotatable bonds is 5. The van der Waals surface area contributed by atoms with Gasteiger partial charge >= 0.3 is 0 Å². The normalized spacial score (nSPS) is 11.3. The Morgan fingerprint density at radius 1 is 1.04 bits per heavy atom. The third-order valence-electron chi connectivity index (χ3n) is 3.53. The Morgan fingerprint density at radius 2 is 1.70 bits per heavy atom. The number of sulfonamides is 1. The molecule has 0 bridgehead atoms. The van der Waals surface area contributed by atoms with Crippen LogP contribution in [0.3, 0.4) is 0 Å². The van der Waals surface area contributed by atoms with Gasteiger partial charge in [-0.1, -0.05) is 29.8 Å². The van der Waals surface area contributed by atoms with E-state index >= 15 is 0 Å². The molecule has 0 aliphatic rings. The molecule has 2 amide bonds. The van der Waals surface area contributed by atoms with Crippen molar-refractivity contribution in [2.24, 2.45) is 0 Å². The number of nitrogens with one attached hydrogen (secondary N) is 3. The summed E-state index contributed by atoms with van der Waals surface area (Å²) in [5.41, 5.74) is 2.63. The molecule has 1 heterocycles. The summed E-state index contributed by atoms with van der Waals surface area (Å²) in [4.78, 5) is 25.5. The van der Waals surface area contributed by atoms with Crippen LogP contribution in [0.25, 0.3) is 10.1 Å². The van der Waals surface area contributed by atoms with E-state index in [9.17, 15) is 18.0 Å². The molecule has 0 saturated carbocycles. The van der Waals surface area contributed by atoms with Gasteiger partial charge in [0.2, 0.25) is 5.91 Å². The second-order valence-electron chi connectivity index (χ2n) is 5.51. The van der Waals surface area contributed by atoms with Crippen molar-refractivity contribution in [3.8, 4) is 0 Å². The van der Waals surface area contributed by atoms with Crippen LogP contribution < -0.4 is 15.6 Å². The molecular weight excluding hydrogens is 410 g/mol. The number of halogens is 1. The van der Waals surface area contributed by atoms with E-state index in [0.717, 1.165) is 10.1 Å². The van der Waals surface area contributed by atoms with E-state index in [4.69, 9.17) is 11.6 Å². The van der Waals surface area contributed by atoms with Gasteiger partial charge in [0, 0.05) is 22.7 Å². The Bertz CT molecular complexity index is 1120. The number of hydrogen-bond donors (Lipinski definition) is 3. The van der Waals surface area contributed by atoms with Crippen LogP contribution in [0.5, 0.6) is 0 Å². The smallest absolute Gasteiger partial charge is 0.277 e. The summed E-state index contributed by atoms with van der Waals surface area (Å²) in [5.74, 6) is -0.921. The lowest BCUT2D eigenvalue weighted by molar-refractivity contribution is -0.114. The van der Waals surface area contributed by atoms with Gasteiger partial charge in [0.15, 0.2) is 0 Å². The third kappa shape index (κ3) is 4.28. The van der Waals surface area contributed by atoms with Gasteiger partial charge in [-0.3, -0.25) is 15.0 Å². The molecular formula is C17H14ClN3O4S2. The first-order valence-corrected chi connectivity index (χ1v) is 10.3. The maximum Gasteiger partial charge on any atom is 0.277 e. The van der Waals surface area contributed by atoms with Crippen molar-refractivity contribution in [2.75, 3.05) is 5.32 Å². The lowest BCUT2D eigenvalue weighted by Gasteiger charge is -2.09. The van der Waals surface area contributed by atoms with Crippen LogP contribution in [-0.2, 0) is 14.8 Å². The number of hydrogen-bond acceptors (Lipinski definition) is 5.